The van der Waals surface area contributed by atoms with Crippen molar-refractivity contribution < 1.29 is 35.2 Å². The van der Waals surface area contributed by atoms with Crippen LogP contribution in [0.4, 0.5) is 22.0 Å². The van der Waals surface area contributed by atoms with Crippen LogP contribution in [0, 0.1) is 35.0 Å². The Labute approximate surface area is 177 Å². The lowest BCUT2D eigenvalue weighted by molar-refractivity contribution is -0.123. The van der Waals surface area contributed by atoms with E-state index in [1.807, 2.05) is 4.72 Å². The Balaban J connectivity index is 2.06. The summed E-state index contributed by atoms with van der Waals surface area (Å²) in [6.07, 6.45) is 0.916. The summed E-state index contributed by atoms with van der Waals surface area (Å²) in [7, 11) is -4.65. The number of rotatable bonds is 4. The monoisotopic (exact) mass is 485 g/mol. The van der Waals surface area contributed by atoms with Crippen molar-refractivity contribution in [3.63, 3.8) is 0 Å². The summed E-state index contributed by atoms with van der Waals surface area (Å²) < 4.78 is 96.3. The molecule has 2 aromatic carbocycles. The molecule has 1 fully saturated rings. The lowest BCUT2D eigenvalue weighted by atomic mass is 10.0. The Hall–Kier alpha value is -1.85. The molecule has 30 heavy (non-hydrogen) atoms. The van der Waals surface area contributed by atoms with Crippen LogP contribution in [-0.2, 0) is 14.8 Å². The SMILES string of the molecule is O=C(NS(=O)(=O)c1cc(-c2c(F)cc(F)c(F)c2F)c(F)cc1Cl)C1CCSCC1. The van der Waals surface area contributed by atoms with Gasteiger partial charge in [0, 0.05) is 17.5 Å². The standard InChI is InChI=1S/C18H13ClF5NO3S2/c19-10-6-11(20)9(15-12(21)7-13(22)16(23)17(15)24)5-14(10)30(27,28)25-18(26)8-1-3-29-4-2-8/h5-8H,1-4H2,(H,25,26). The quantitative estimate of drug-likeness (QED) is 0.389. The van der Waals surface area contributed by atoms with Gasteiger partial charge in [-0.15, -0.1) is 0 Å². The van der Waals surface area contributed by atoms with E-state index in [0.29, 0.717) is 36.5 Å². The summed E-state index contributed by atoms with van der Waals surface area (Å²) in [5.74, 6) is -8.97. The molecule has 4 nitrogen and oxygen atoms in total. The molecule has 12 heteroatoms. The maximum absolute atomic E-state index is 14.3. The van der Waals surface area contributed by atoms with Crippen molar-refractivity contribution in [2.24, 2.45) is 5.92 Å². The summed E-state index contributed by atoms with van der Waals surface area (Å²) in [6.45, 7) is 0. The summed E-state index contributed by atoms with van der Waals surface area (Å²) in [5, 5.41) is -0.667. The molecule has 2 aromatic rings. The number of thioether (sulfide) groups is 1. The predicted molar refractivity (Wildman–Crippen MR) is 102 cm³/mol. The molecular weight excluding hydrogens is 473 g/mol. The van der Waals surface area contributed by atoms with Crippen LogP contribution in [0.15, 0.2) is 23.1 Å². The van der Waals surface area contributed by atoms with Crippen molar-refractivity contribution in [3.05, 3.63) is 52.3 Å². The van der Waals surface area contributed by atoms with Gasteiger partial charge in [0.1, 0.15) is 16.5 Å². The first-order chi connectivity index (χ1) is 14.0. The van der Waals surface area contributed by atoms with Crippen molar-refractivity contribution in [2.75, 3.05) is 11.5 Å². The van der Waals surface area contributed by atoms with Gasteiger partial charge in [0.25, 0.3) is 10.0 Å². The van der Waals surface area contributed by atoms with Crippen LogP contribution in [0.2, 0.25) is 5.02 Å². The number of nitrogens with one attached hydrogen (secondary N) is 1. The Morgan fingerprint density at radius 1 is 0.967 bits per heavy atom. The molecule has 1 amide bonds. The fraction of sp³-hybridized carbons (Fsp3) is 0.278. The van der Waals surface area contributed by atoms with Gasteiger partial charge in [-0.2, -0.15) is 11.8 Å². The van der Waals surface area contributed by atoms with E-state index in [9.17, 15) is 35.2 Å². The highest BCUT2D eigenvalue weighted by Crippen LogP contribution is 2.35. The molecule has 0 aliphatic carbocycles. The molecule has 0 unspecified atom stereocenters. The zero-order valence-electron chi connectivity index (χ0n) is 14.9. The number of carbonyl (C=O) groups excluding carboxylic acids is 1. The van der Waals surface area contributed by atoms with Crippen molar-refractivity contribution in [2.45, 2.75) is 17.7 Å². The van der Waals surface area contributed by atoms with E-state index in [1.165, 1.54) is 0 Å². The van der Waals surface area contributed by atoms with Crippen LogP contribution in [-0.4, -0.2) is 25.8 Å². The smallest absolute Gasteiger partial charge is 0.265 e. The number of sulfonamides is 1. The molecule has 1 heterocycles. The molecule has 0 saturated carbocycles. The summed E-state index contributed by atoms with van der Waals surface area (Å²) in [4.78, 5) is 11.4. The van der Waals surface area contributed by atoms with E-state index in [2.05, 4.69) is 0 Å². The summed E-state index contributed by atoms with van der Waals surface area (Å²) in [5.41, 5.74) is -2.31. The molecule has 0 spiro atoms. The molecule has 1 N–H and O–H groups in total. The highest BCUT2D eigenvalue weighted by Gasteiger charge is 2.30. The highest BCUT2D eigenvalue weighted by molar-refractivity contribution is 7.99. The Morgan fingerprint density at radius 2 is 1.60 bits per heavy atom. The third kappa shape index (κ3) is 4.42. The van der Waals surface area contributed by atoms with Gasteiger partial charge in [0.15, 0.2) is 17.5 Å². The minimum Gasteiger partial charge on any atom is -0.274 e. The first-order valence-corrected chi connectivity index (χ1v) is 11.5. The fourth-order valence-electron chi connectivity index (χ4n) is 2.97. The number of hydrogen-bond acceptors (Lipinski definition) is 4. The van der Waals surface area contributed by atoms with E-state index < -0.39 is 72.0 Å². The van der Waals surface area contributed by atoms with E-state index in [-0.39, 0.29) is 6.07 Å². The van der Waals surface area contributed by atoms with Crippen molar-refractivity contribution in [3.8, 4) is 11.1 Å². The van der Waals surface area contributed by atoms with Gasteiger partial charge in [-0.1, -0.05) is 11.6 Å². The van der Waals surface area contributed by atoms with Crippen LogP contribution in [0.5, 0.6) is 0 Å². The number of hydrogen-bond donors (Lipinski definition) is 1. The molecule has 1 aliphatic rings. The third-order valence-corrected chi connectivity index (χ3v) is 7.38. The van der Waals surface area contributed by atoms with Gasteiger partial charge in [-0.25, -0.2) is 35.1 Å². The van der Waals surface area contributed by atoms with Crippen LogP contribution < -0.4 is 4.72 Å². The number of amides is 1. The van der Waals surface area contributed by atoms with E-state index in [1.54, 1.807) is 11.8 Å². The number of carbonyl (C=O) groups is 1. The second kappa shape index (κ2) is 8.72. The zero-order chi connectivity index (χ0) is 22.2. The second-order valence-corrected chi connectivity index (χ2v) is 9.74. The average Bonchev–Trinajstić information content (AvgIpc) is 2.68. The lowest BCUT2D eigenvalue weighted by Crippen LogP contribution is -2.37. The van der Waals surface area contributed by atoms with Gasteiger partial charge in [-0.3, -0.25) is 4.79 Å². The molecule has 0 radical (unpaired) electrons. The van der Waals surface area contributed by atoms with E-state index in [0.717, 1.165) is 0 Å². The Morgan fingerprint density at radius 3 is 2.23 bits per heavy atom. The topological polar surface area (TPSA) is 63.2 Å². The molecule has 162 valence electrons. The largest absolute Gasteiger partial charge is 0.274 e. The van der Waals surface area contributed by atoms with Gasteiger partial charge in [0.05, 0.1) is 10.6 Å². The first kappa shape index (κ1) is 22.8. The molecule has 1 aliphatic heterocycles. The molecule has 0 aromatic heterocycles. The maximum Gasteiger partial charge on any atom is 0.265 e. The van der Waals surface area contributed by atoms with Gasteiger partial charge in [0.2, 0.25) is 5.91 Å². The predicted octanol–water partition coefficient (Wildman–Crippen LogP) is 4.65. The van der Waals surface area contributed by atoms with Crippen molar-refractivity contribution >= 4 is 39.3 Å². The summed E-state index contributed by atoms with van der Waals surface area (Å²) >= 11 is 7.40. The molecule has 0 atom stereocenters. The molecule has 3 rings (SSSR count). The summed E-state index contributed by atoms with van der Waals surface area (Å²) in [6, 6.07) is 0.912. The Bertz CT molecular complexity index is 1120. The Kier molecular flexibility index (Phi) is 6.63. The minimum atomic E-state index is -4.65. The van der Waals surface area contributed by atoms with Crippen molar-refractivity contribution in [1.82, 2.24) is 4.72 Å². The van der Waals surface area contributed by atoms with Crippen LogP contribution in [0.25, 0.3) is 11.1 Å². The van der Waals surface area contributed by atoms with Crippen LogP contribution in [0.1, 0.15) is 12.8 Å². The minimum absolute atomic E-state index is 0.00116. The molecule has 1 saturated heterocycles. The van der Waals surface area contributed by atoms with Gasteiger partial charge < -0.3 is 0 Å². The van der Waals surface area contributed by atoms with Crippen LogP contribution >= 0.6 is 23.4 Å². The first-order valence-electron chi connectivity index (χ1n) is 8.49. The highest BCUT2D eigenvalue weighted by atomic mass is 35.5. The molecular formula is C18H13ClF5NO3S2. The van der Waals surface area contributed by atoms with Gasteiger partial charge >= 0.3 is 0 Å². The van der Waals surface area contributed by atoms with E-state index >= 15 is 0 Å². The zero-order valence-corrected chi connectivity index (χ0v) is 17.3. The van der Waals surface area contributed by atoms with E-state index in [4.69, 9.17) is 11.6 Å². The lowest BCUT2D eigenvalue weighted by Gasteiger charge is -2.20. The van der Waals surface area contributed by atoms with Crippen molar-refractivity contribution in [1.29, 1.82) is 0 Å². The van der Waals surface area contributed by atoms with Gasteiger partial charge in [-0.05, 0) is 36.5 Å². The average molecular weight is 486 g/mol. The fourth-order valence-corrected chi connectivity index (χ4v) is 5.66. The number of benzene rings is 2. The van der Waals surface area contributed by atoms with Crippen LogP contribution in [0.3, 0.4) is 0 Å². The second-order valence-electron chi connectivity index (χ2n) is 6.46. The maximum atomic E-state index is 14.3. The third-order valence-electron chi connectivity index (χ3n) is 4.52. The number of halogens is 6. The molecule has 0 bridgehead atoms. The normalized spacial score (nSPS) is 15.3.